The monoisotopic (exact) mass is 446 g/mol. The van der Waals surface area contributed by atoms with Gasteiger partial charge in [-0.25, -0.2) is 0 Å². The highest BCUT2D eigenvalue weighted by atomic mass is 16.5. The van der Waals surface area contributed by atoms with E-state index in [0.29, 0.717) is 11.8 Å². The van der Waals surface area contributed by atoms with Gasteiger partial charge in [-0.3, -0.25) is 9.59 Å². The first-order valence-corrected chi connectivity index (χ1v) is 12.5. The Bertz CT molecular complexity index is 1040. The molecule has 33 heavy (non-hydrogen) atoms. The van der Waals surface area contributed by atoms with Crippen LogP contribution >= 0.6 is 0 Å². The molecule has 5 rings (SSSR count). The molecule has 0 saturated heterocycles. The molecule has 0 spiro atoms. The molecule has 0 aromatic heterocycles. The summed E-state index contributed by atoms with van der Waals surface area (Å²) in [6, 6.07) is 14.8. The highest BCUT2D eigenvalue weighted by Crippen LogP contribution is 2.40. The van der Waals surface area contributed by atoms with Crippen molar-refractivity contribution < 1.29 is 14.3 Å². The minimum Gasteiger partial charge on any atom is -0.481 e. The van der Waals surface area contributed by atoms with Gasteiger partial charge in [0.05, 0.1) is 6.04 Å². The molecule has 2 aromatic rings. The molecule has 2 saturated carbocycles. The second-order valence-corrected chi connectivity index (χ2v) is 9.98. The van der Waals surface area contributed by atoms with E-state index in [1.165, 1.54) is 11.1 Å². The molecule has 2 fully saturated rings. The van der Waals surface area contributed by atoms with Gasteiger partial charge >= 0.3 is 0 Å². The predicted octanol–water partition coefficient (Wildman–Crippen LogP) is 4.71. The number of carbonyl (C=O) groups excluding carboxylic acids is 2. The summed E-state index contributed by atoms with van der Waals surface area (Å²) in [6.45, 7) is 4.63. The van der Waals surface area contributed by atoms with E-state index in [9.17, 15) is 9.59 Å². The number of ether oxygens (including phenoxy) is 1. The lowest BCUT2D eigenvalue weighted by Crippen LogP contribution is -2.43. The van der Waals surface area contributed by atoms with Crippen LogP contribution in [0.1, 0.15) is 73.7 Å². The van der Waals surface area contributed by atoms with Gasteiger partial charge in [-0.05, 0) is 74.8 Å². The second-order valence-electron chi connectivity index (χ2n) is 9.98. The van der Waals surface area contributed by atoms with Crippen LogP contribution in [0.2, 0.25) is 0 Å². The first-order valence-electron chi connectivity index (χ1n) is 12.5. The molecule has 3 aliphatic rings. The van der Waals surface area contributed by atoms with Crippen molar-refractivity contribution in [1.29, 1.82) is 0 Å². The largest absolute Gasteiger partial charge is 0.481 e. The number of aryl methyl sites for hydroxylation is 1. The molecule has 2 aromatic carbocycles. The third-order valence-corrected chi connectivity index (χ3v) is 7.30. The van der Waals surface area contributed by atoms with Gasteiger partial charge in [-0.2, -0.15) is 0 Å². The maximum atomic E-state index is 13.6. The number of hydrogen-bond acceptors (Lipinski definition) is 3. The molecular formula is C28H34N2O3. The van der Waals surface area contributed by atoms with Crippen LogP contribution in [-0.4, -0.2) is 35.4 Å². The number of rotatable bonds is 6. The van der Waals surface area contributed by atoms with Crippen LogP contribution in [0.25, 0.3) is 0 Å². The maximum Gasteiger partial charge on any atom is 0.260 e. The number of fused-ring (bicyclic) bond motifs is 1. The number of nitrogens with one attached hydrogen (secondary N) is 1. The van der Waals surface area contributed by atoms with Crippen LogP contribution in [0, 0.1) is 12.8 Å². The van der Waals surface area contributed by atoms with Crippen molar-refractivity contribution in [1.82, 2.24) is 10.2 Å². The fraction of sp³-hybridized carbons (Fsp3) is 0.500. The average molecular weight is 447 g/mol. The quantitative estimate of drug-likeness (QED) is 0.699. The van der Waals surface area contributed by atoms with Crippen molar-refractivity contribution in [3.63, 3.8) is 0 Å². The number of carbonyl (C=O) groups is 2. The number of nitrogens with zero attached hydrogens (tertiary/aromatic N) is 1. The molecule has 5 heteroatoms. The second kappa shape index (κ2) is 9.20. The minimum absolute atomic E-state index is 0.0662. The average Bonchev–Trinajstić information content (AvgIpc) is 3.45. The summed E-state index contributed by atoms with van der Waals surface area (Å²) in [5.74, 6) is 1.04. The lowest BCUT2D eigenvalue weighted by Gasteiger charge is -2.39. The molecular weight excluding hydrogens is 412 g/mol. The van der Waals surface area contributed by atoms with Gasteiger partial charge in [0.15, 0.2) is 6.10 Å². The summed E-state index contributed by atoms with van der Waals surface area (Å²) in [5.41, 5.74) is 4.69. The predicted molar refractivity (Wildman–Crippen MR) is 128 cm³/mol. The Kier molecular flexibility index (Phi) is 6.13. The molecule has 0 radical (unpaired) electrons. The molecule has 174 valence electrons. The summed E-state index contributed by atoms with van der Waals surface area (Å²) < 4.78 is 6.06. The van der Waals surface area contributed by atoms with E-state index in [1.807, 2.05) is 6.07 Å². The summed E-state index contributed by atoms with van der Waals surface area (Å²) in [7, 11) is 0. The van der Waals surface area contributed by atoms with Gasteiger partial charge in [-0.1, -0.05) is 48.7 Å². The molecule has 2 aliphatic carbocycles. The molecule has 1 aliphatic heterocycles. The van der Waals surface area contributed by atoms with Crippen LogP contribution in [0.4, 0.5) is 0 Å². The lowest BCUT2D eigenvalue weighted by molar-refractivity contribution is -0.137. The third kappa shape index (κ3) is 4.78. The molecule has 1 heterocycles. The Morgan fingerprint density at radius 2 is 1.85 bits per heavy atom. The Hall–Kier alpha value is -2.82. The Morgan fingerprint density at radius 1 is 1.06 bits per heavy atom. The first-order chi connectivity index (χ1) is 16.0. The first kappa shape index (κ1) is 22.0. The third-order valence-electron chi connectivity index (χ3n) is 7.30. The summed E-state index contributed by atoms with van der Waals surface area (Å²) in [6.07, 6.45) is 6.69. The summed E-state index contributed by atoms with van der Waals surface area (Å²) in [4.78, 5) is 28.1. The van der Waals surface area contributed by atoms with Crippen LogP contribution < -0.4 is 10.1 Å². The van der Waals surface area contributed by atoms with Gasteiger partial charge in [-0.15, -0.1) is 0 Å². The van der Waals surface area contributed by atoms with Crippen LogP contribution in [-0.2, 0) is 16.0 Å². The zero-order valence-electron chi connectivity index (χ0n) is 19.7. The molecule has 0 unspecified atom stereocenters. The maximum absolute atomic E-state index is 13.6. The standard InChI is InChI=1S/C28H34N2O3/c1-18-6-5-9-22(16-18)26-25-17-24(33-19(2)27(31)29-23-11-12-23)13-10-20(25)14-15-30(26)28(32)21-7-3-4-8-21/h5-6,9-10,13,16-17,19,21,23,26H,3-4,7-8,11-12,14-15H2,1-2H3,(H,29,31)/t19-,26-/m0/s1. The minimum atomic E-state index is -0.555. The lowest BCUT2D eigenvalue weighted by atomic mass is 9.86. The SMILES string of the molecule is Cc1cccc([C@H]2c3cc(O[C@@H](C)C(=O)NC4CC4)ccc3CCN2C(=O)C2CCCC2)c1. The molecule has 2 atom stereocenters. The Labute approximate surface area is 196 Å². The fourth-order valence-electron chi connectivity index (χ4n) is 5.31. The zero-order valence-corrected chi connectivity index (χ0v) is 19.7. The summed E-state index contributed by atoms with van der Waals surface area (Å²) in [5, 5.41) is 3.01. The fourth-order valence-corrected chi connectivity index (χ4v) is 5.31. The Balaban J connectivity index is 1.46. The number of benzene rings is 2. The highest BCUT2D eigenvalue weighted by Gasteiger charge is 2.36. The molecule has 1 N–H and O–H groups in total. The van der Waals surface area contributed by atoms with E-state index in [0.717, 1.165) is 62.6 Å². The topological polar surface area (TPSA) is 58.6 Å². The van der Waals surface area contributed by atoms with E-state index in [-0.39, 0.29) is 23.8 Å². The smallest absolute Gasteiger partial charge is 0.260 e. The Morgan fingerprint density at radius 3 is 2.58 bits per heavy atom. The van der Waals surface area contributed by atoms with E-state index in [4.69, 9.17) is 4.74 Å². The van der Waals surface area contributed by atoms with Crippen LogP contribution in [0.3, 0.4) is 0 Å². The van der Waals surface area contributed by atoms with Crippen molar-refractivity contribution in [2.24, 2.45) is 5.92 Å². The van der Waals surface area contributed by atoms with Gasteiger partial charge in [0.25, 0.3) is 5.91 Å². The molecule has 5 nitrogen and oxygen atoms in total. The highest BCUT2D eigenvalue weighted by molar-refractivity contribution is 5.81. The van der Waals surface area contributed by atoms with Crippen molar-refractivity contribution in [2.75, 3.05) is 6.54 Å². The molecule has 2 amide bonds. The van der Waals surface area contributed by atoms with E-state index in [1.54, 1.807) is 6.92 Å². The van der Waals surface area contributed by atoms with Crippen LogP contribution in [0.5, 0.6) is 5.75 Å². The van der Waals surface area contributed by atoms with Gasteiger partial charge in [0.1, 0.15) is 5.75 Å². The van der Waals surface area contributed by atoms with Crippen molar-refractivity contribution in [3.05, 3.63) is 64.7 Å². The molecule has 0 bridgehead atoms. The van der Waals surface area contributed by atoms with Crippen molar-refractivity contribution in [3.8, 4) is 5.75 Å². The van der Waals surface area contributed by atoms with Gasteiger partial charge < -0.3 is 15.0 Å². The normalized spacial score (nSPS) is 21.4. The van der Waals surface area contributed by atoms with Crippen molar-refractivity contribution >= 4 is 11.8 Å². The van der Waals surface area contributed by atoms with E-state index < -0.39 is 6.10 Å². The number of hydrogen-bond donors (Lipinski definition) is 1. The van der Waals surface area contributed by atoms with E-state index in [2.05, 4.69) is 53.5 Å². The summed E-state index contributed by atoms with van der Waals surface area (Å²) >= 11 is 0. The van der Waals surface area contributed by atoms with Crippen LogP contribution in [0.15, 0.2) is 42.5 Å². The van der Waals surface area contributed by atoms with Gasteiger partial charge in [0, 0.05) is 18.5 Å². The number of amides is 2. The zero-order chi connectivity index (χ0) is 22.9. The van der Waals surface area contributed by atoms with Gasteiger partial charge in [0.2, 0.25) is 5.91 Å². The van der Waals surface area contributed by atoms with Crippen molar-refractivity contribution in [2.45, 2.75) is 77.0 Å². The van der Waals surface area contributed by atoms with E-state index >= 15 is 0 Å².